The second-order valence-electron chi connectivity index (χ2n) is 5.80. The zero-order valence-corrected chi connectivity index (χ0v) is 14.7. The molecule has 9 heteroatoms. The molecule has 0 aliphatic heterocycles. The molecular formula is C17H15ClF2N4O2. The lowest BCUT2D eigenvalue weighted by Gasteiger charge is -2.10. The Bertz CT molecular complexity index is 959. The molecule has 0 spiro atoms. The van der Waals surface area contributed by atoms with Gasteiger partial charge in [-0.2, -0.15) is 13.9 Å². The third kappa shape index (κ3) is 3.75. The van der Waals surface area contributed by atoms with E-state index >= 15 is 0 Å². The molecule has 0 aliphatic carbocycles. The van der Waals surface area contributed by atoms with Gasteiger partial charge in [0, 0.05) is 23.3 Å². The first-order valence-corrected chi connectivity index (χ1v) is 8.12. The summed E-state index contributed by atoms with van der Waals surface area (Å²) in [6.45, 7) is 0.997. The topological polar surface area (TPSA) is 69.0 Å². The normalized spacial score (nSPS) is 11.3. The van der Waals surface area contributed by atoms with Crippen molar-refractivity contribution in [2.75, 3.05) is 5.32 Å². The quantitative estimate of drug-likeness (QED) is 0.706. The molecule has 26 heavy (non-hydrogen) atoms. The number of halogens is 3. The lowest BCUT2D eigenvalue weighted by molar-refractivity contribution is -0.0497. The minimum absolute atomic E-state index is 0.0325. The molecule has 1 amide bonds. The highest BCUT2D eigenvalue weighted by Crippen LogP contribution is 2.29. The lowest BCUT2D eigenvalue weighted by atomic mass is 10.2. The monoisotopic (exact) mass is 380 g/mol. The average Bonchev–Trinajstić information content (AvgIpc) is 3.00. The fourth-order valence-electron chi connectivity index (χ4n) is 2.42. The number of aromatic nitrogens is 3. The van der Waals surface area contributed by atoms with Gasteiger partial charge in [-0.05, 0) is 38.1 Å². The minimum atomic E-state index is -2.97. The summed E-state index contributed by atoms with van der Waals surface area (Å²) in [5.74, 6) is -0.570. The number of benzene rings is 1. The van der Waals surface area contributed by atoms with Crippen molar-refractivity contribution in [3.05, 3.63) is 47.2 Å². The summed E-state index contributed by atoms with van der Waals surface area (Å²) in [6.07, 6.45) is 3.10. The van der Waals surface area contributed by atoms with Gasteiger partial charge in [-0.15, -0.1) is 0 Å². The van der Waals surface area contributed by atoms with Gasteiger partial charge in [0.15, 0.2) is 5.65 Å². The number of carbonyl (C=O) groups excluding carboxylic acids is 1. The van der Waals surface area contributed by atoms with Gasteiger partial charge in [-0.25, -0.2) is 9.67 Å². The third-order valence-corrected chi connectivity index (χ3v) is 3.89. The van der Waals surface area contributed by atoms with Crippen molar-refractivity contribution in [1.29, 1.82) is 0 Å². The maximum atomic E-state index is 12.4. The molecule has 2 heterocycles. The van der Waals surface area contributed by atoms with E-state index in [0.717, 1.165) is 5.39 Å². The molecule has 0 radical (unpaired) electrons. The standard InChI is InChI=1S/C17H15ClF2N4O2/c1-9(2)24-15-10(8-22-24)5-11(7-21-15)16(25)23-12-3-4-14(13(18)6-12)26-17(19)20/h3-9,17H,1-2H3,(H,23,25). The molecule has 6 nitrogen and oxygen atoms in total. The summed E-state index contributed by atoms with van der Waals surface area (Å²) < 4.78 is 30.5. The Hall–Kier alpha value is -2.74. The molecule has 3 aromatic rings. The first kappa shape index (κ1) is 18.1. The molecule has 0 atom stereocenters. The molecule has 1 aromatic carbocycles. The number of hydrogen-bond acceptors (Lipinski definition) is 4. The highest BCUT2D eigenvalue weighted by atomic mass is 35.5. The van der Waals surface area contributed by atoms with Crippen molar-refractivity contribution < 1.29 is 18.3 Å². The van der Waals surface area contributed by atoms with E-state index in [1.807, 2.05) is 13.8 Å². The Balaban J connectivity index is 1.79. The molecule has 0 unspecified atom stereocenters. The van der Waals surface area contributed by atoms with Crippen LogP contribution in [0.15, 0.2) is 36.7 Å². The van der Waals surface area contributed by atoms with Crippen LogP contribution in [-0.4, -0.2) is 27.3 Å². The minimum Gasteiger partial charge on any atom is -0.433 e. The predicted octanol–water partition coefficient (Wildman–Crippen LogP) is 4.52. The van der Waals surface area contributed by atoms with Crippen LogP contribution in [0.1, 0.15) is 30.2 Å². The van der Waals surface area contributed by atoms with E-state index in [1.165, 1.54) is 24.4 Å². The van der Waals surface area contributed by atoms with Gasteiger partial charge in [-0.3, -0.25) is 4.79 Å². The van der Waals surface area contributed by atoms with Crippen molar-refractivity contribution in [1.82, 2.24) is 14.8 Å². The average molecular weight is 381 g/mol. The Kier molecular flexibility index (Phi) is 5.03. The SMILES string of the molecule is CC(C)n1ncc2cc(C(=O)Nc3ccc(OC(F)F)c(Cl)c3)cnc21. The van der Waals surface area contributed by atoms with E-state index in [2.05, 4.69) is 20.1 Å². The smallest absolute Gasteiger partial charge is 0.387 e. The number of amides is 1. The van der Waals surface area contributed by atoms with E-state index in [4.69, 9.17) is 11.6 Å². The van der Waals surface area contributed by atoms with Crippen LogP contribution >= 0.6 is 11.6 Å². The Morgan fingerprint density at radius 3 is 2.69 bits per heavy atom. The van der Waals surface area contributed by atoms with Gasteiger partial charge < -0.3 is 10.1 Å². The fraction of sp³-hybridized carbons (Fsp3) is 0.235. The highest BCUT2D eigenvalue weighted by molar-refractivity contribution is 6.32. The van der Waals surface area contributed by atoms with E-state index in [-0.39, 0.29) is 16.8 Å². The number of alkyl halides is 2. The number of nitrogens with zero attached hydrogens (tertiary/aromatic N) is 3. The molecule has 2 aromatic heterocycles. The van der Waals surface area contributed by atoms with Crippen molar-refractivity contribution in [3.8, 4) is 5.75 Å². The van der Waals surface area contributed by atoms with Crippen LogP contribution in [0.3, 0.4) is 0 Å². The van der Waals surface area contributed by atoms with Crippen LogP contribution < -0.4 is 10.1 Å². The number of rotatable bonds is 5. The molecule has 0 bridgehead atoms. The number of nitrogens with one attached hydrogen (secondary N) is 1. The van der Waals surface area contributed by atoms with Crippen molar-refractivity contribution in [3.63, 3.8) is 0 Å². The number of anilines is 1. The van der Waals surface area contributed by atoms with Crippen LogP contribution in [0.5, 0.6) is 5.75 Å². The second-order valence-corrected chi connectivity index (χ2v) is 6.20. The largest absolute Gasteiger partial charge is 0.433 e. The summed E-state index contributed by atoms with van der Waals surface area (Å²) in [5.41, 5.74) is 1.37. The molecule has 0 saturated carbocycles. The van der Waals surface area contributed by atoms with Gasteiger partial charge in [0.2, 0.25) is 0 Å². The predicted molar refractivity (Wildman–Crippen MR) is 94.0 cm³/mol. The summed E-state index contributed by atoms with van der Waals surface area (Å²) in [7, 11) is 0. The van der Waals surface area contributed by atoms with Crippen LogP contribution in [-0.2, 0) is 0 Å². The summed E-state index contributed by atoms with van der Waals surface area (Å²) in [6, 6.07) is 5.85. The number of pyridine rings is 1. The third-order valence-electron chi connectivity index (χ3n) is 3.59. The molecule has 1 N–H and O–H groups in total. The van der Waals surface area contributed by atoms with Gasteiger partial charge >= 0.3 is 6.61 Å². The van der Waals surface area contributed by atoms with Gasteiger partial charge in [0.25, 0.3) is 5.91 Å². The molecule has 0 aliphatic rings. The van der Waals surface area contributed by atoms with Crippen LogP contribution in [0.4, 0.5) is 14.5 Å². The van der Waals surface area contributed by atoms with Gasteiger partial charge in [0.05, 0.1) is 16.8 Å². The summed E-state index contributed by atoms with van der Waals surface area (Å²) >= 11 is 5.88. The van der Waals surface area contributed by atoms with Crippen molar-refractivity contribution >= 4 is 34.2 Å². The zero-order valence-electron chi connectivity index (χ0n) is 13.9. The van der Waals surface area contributed by atoms with Crippen molar-refractivity contribution in [2.45, 2.75) is 26.5 Å². The van der Waals surface area contributed by atoms with E-state index < -0.39 is 12.5 Å². The highest BCUT2D eigenvalue weighted by Gasteiger charge is 2.14. The van der Waals surface area contributed by atoms with E-state index in [9.17, 15) is 13.6 Å². The first-order chi connectivity index (χ1) is 12.3. The van der Waals surface area contributed by atoms with Crippen LogP contribution in [0, 0.1) is 0 Å². The Morgan fingerprint density at radius 2 is 2.04 bits per heavy atom. The maximum Gasteiger partial charge on any atom is 0.387 e. The van der Waals surface area contributed by atoms with Gasteiger partial charge in [0.1, 0.15) is 5.75 Å². The number of ether oxygens (including phenoxy) is 1. The number of hydrogen-bond donors (Lipinski definition) is 1. The molecule has 3 rings (SSSR count). The van der Waals surface area contributed by atoms with Crippen molar-refractivity contribution in [2.24, 2.45) is 0 Å². The fourth-order valence-corrected chi connectivity index (χ4v) is 2.64. The summed E-state index contributed by atoms with van der Waals surface area (Å²) in [4.78, 5) is 16.7. The van der Waals surface area contributed by atoms with Gasteiger partial charge in [-0.1, -0.05) is 11.6 Å². The second kappa shape index (κ2) is 7.25. The van der Waals surface area contributed by atoms with E-state index in [0.29, 0.717) is 16.9 Å². The number of fused-ring (bicyclic) bond motifs is 1. The zero-order chi connectivity index (χ0) is 18.8. The Morgan fingerprint density at radius 1 is 1.27 bits per heavy atom. The number of carbonyl (C=O) groups is 1. The van der Waals surface area contributed by atoms with Crippen LogP contribution in [0.25, 0.3) is 11.0 Å². The van der Waals surface area contributed by atoms with E-state index in [1.54, 1.807) is 16.9 Å². The van der Waals surface area contributed by atoms with Crippen LogP contribution in [0.2, 0.25) is 5.02 Å². The molecular weight excluding hydrogens is 366 g/mol. The molecule has 0 fully saturated rings. The Labute approximate surface area is 152 Å². The lowest BCUT2D eigenvalue weighted by Crippen LogP contribution is -2.12. The maximum absolute atomic E-state index is 12.4. The first-order valence-electron chi connectivity index (χ1n) is 7.74. The summed E-state index contributed by atoms with van der Waals surface area (Å²) in [5, 5.41) is 7.60. The molecule has 0 saturated heterocycles. The molecule has 136 valence electrons.